The molecule has 1 heterocycles. The van der Waals surface area contributed by atoms with Gasteiger partial charge in [0.25, 0.3) is 5.91 Å². The van der Waals surface area contributed by atoms with E-state index in [1.807, 2.05) is 79.7 Å². The van der Waals surface area contributed by atoms with E-state index >= 15 is 0 Å². The molecule has 1 N–H and O–H groups in total. The van der Waals surface area contributed by atoms with Gasteiger partial charge in [-0.05, 0) is 48.9 Å². The predicted octanol–water partition coefficient (Wildman–Crippen LogP) is 5.75. The molecule has 4 aromatic rings. The van der Waals surface area contributed by atoms with Crippen molar-refractivity contribution in [2.24, 2.45) is 0 Å². The molecule has 0 atom stereocenters. The third-order valence-electron chi connectivity index (χ3n) is 4.45. The fourth-order valence-electron chi connectivity index (χ4n) is 3.01. The Balaban J connectivity index is 1.76. The van der Waals surface area contributed by atoms with Gasteiger partial charge in [0.15, 0.2) is 0 Å². The average molecular weight is 388 g/mol. The second kappa shape index (κ2) is 7.71. The minimum absolute atomic E-state index is 0.232. The summed E-state index contributed by atoms with van der Waals surface area (Å²) in [5.74, 6) is -0.232. The van der Waals surface area contributed by atoms with E-state index in [9.17, 15) is 4.79 Å². The first-order chi connectivity index (χ1) is 13.6. The number of aromatic nitrogens is 2. The summed E-state index contributed by atoms with van der Waals surface area (Å²) in [4.78, 5) is 13.1. The van der Waals surface area contributed by atoms with Gasteiger partial charge in [-0.2, -0.15) is 5.10 Å². The molecule has 138 valence electrons. The van der Waals surface area contributed by atoms with Gasteiger partial charge in [0, 0.05) is 16.3 Å². The first-order valence-electron chi connectivity index (χ1n) is 8.90. The van der Waals surface area contributed by atoms with Crippen molar-refractivity contribution in [1.82, 2.24) is 9.78 Å². The van der Waals surface area contributed by atoms with Crippen molar-refractivity contribution < 1.29 is 4.79 Å². The largest absolute Gasteiger partial charge is 0.320 e. The smallest absolute Gasteiger partial charge is 0.274 e. The van der Waals surface area contributed by atoms with E-state index in [0.29, 0.717) is 10.7 Å². The molecular formula is C23H18ClN3O. The monoisotopic (exact) mass is 387 g/mol. The van der Waals surface area contributed by atoms with Crippen LogP contribution in [0.3, 0.4) is 0 Å². The van der Waals surface area contributed by atoms with E-state index < -0.39 is 0 Å². The van der Waals surface area contributed by atoms with Crippen LogP contribution in [0.1, 0.15) is 16.1 Å². The Kier molecular flexibility index (Phi) is 4.96. The number of para-hydroxylation sites is 1. The summed E-state index contributed by atoms with van der Waals surface area (Å²) in [5, 5.41) is 8.29. The molecule has 0 radical (unpaired) electrons. The highest BCUT2D eigenvalue weighted by atomic mass is 35.5. The summed E-state index contributed by atoms with van der Waals surface area (Å²) in [7, 11) is 0. The summed E-state index contributed by atoms with van der Waals surface area (Å²) in [6, 6.07) is 26.6. The van der Waals surface area contributed by atoms with E-state index in [-0.39, 0.29) is 5.91 Å². The number of aryl methyl sites for hydroxylation is 1. The molecule has 28 heavy (non-hydrogen) atoms. The Labute approximate surface area is 168 Å². The molecule has 1 amide bonds. The van der Waals surface area contributed by atoms with Gasteiger partial charge >= 0.3 is 0 Å². The quantitative estimate of drug-likeness (QED) is 0.484. The topological polar surface area (TPSA) is 46.9 Å². The maximum atomic E-state index is 13.1. The maximum Gasteiger partial charge on any atom is 0.274 e. The Bertz CT molecular complexity index is 1120. The summed E-state index contributed by atoms with van der Waals surface area (Å²) in [6.45, 7) is 1.91. The molecule has 0 spiro atoms. The zero-order valence-electron chi connectivity index (χ0n) is 15.3. The van der Waals surface area contributed by atoms with Crippen LogP contribution in [0.4, 0.5) is 5.69 Å². The van der Waals surface area contributed by atoms with Crippen molar-refractivity contribution in [2.75, 3.05) is 5.32 Å². The van der Waals surface area contributed by atoms with Gasteiger partial charge in [-0.25, -0.2) is 4.68 Å². The van der Waals surface area contributed by atoms with Crippen molar-refractivity contribution >= 4 is 23.2 Å². The van der Waals surface area contributed by atoms with Crippen molar-refractivity contribution in [2.45, 2.75) is 6.92 Å². The molecule has 4 nitrogen and oxygen atoms in total. The molecular weight excluding hydrogens is 370 g/mol. The SMILES string of the molecule is Cc1cc(Cl)ccc1NC(=O)c1cc(-c2ccccc2)nn1-c1ccccc1. The zero-order valence-corrected chi connectivity index (χ0v) is 16.0. The van der Waals surface area contributed by atoms with E-state index in [0.717, 1.165) is 28.2 Å². The lowest BCUT2D eigenvalue weighted by molar-refractivity contribution is 0.101. The third-order valence-corrected chi connectivity index (χ3v) is 4.68. The number of carbonyl (C=O) groups is 1. The highest BCUT2D eigenvalue weighted by Crippen LogP contribution is 2.24. The van der Waals surface area contributed by atoms with Crippen LogP contribution in [0.25, 0.3) is 16.9 Å². The second-order valence-corrected chi connectivity index (χ2v) is 6.88. The van der Waals surface area contributed by atoms with E-state index in [4.69, 9.17) is 11.6 Å². The minimum atomic E-state index is -0.232. The Hall–Kier alpha value is -3.37. The van der Waals surface area contributed by atoms with Crippen LogP contribution in [0.2, 0.25) is 5.02 Å². The number of nitrogens with zero attached hydrogens (tertiary/aromatic N) is 2. The Morgan fingerprint density at radius 3 is 2.29 bits per heavy atom. The van der Waals surface area contributed by atoms with Crippen LogP contribution in [0, 0.1) is 6.92 Å². The van der Waals surface area contributed by atoms with Crippen molar-refractivity contribution in [3.63, 3.8) is 0 Å². The van der Waals surface area contributed by atoms with Crippen molar-refractivity contribution in [3.8, 4) is 16.9 Å². The van der Waals surface area contributed by atoms with Crippen molar-refractivity contribution in [3.05, 3.63) is 101 Å². The highest BCUT2D eigenvalue weighted by Gasteiger charge is 2.18. The molecule has 0 unspecified atom stereocenters. The normalized spacial score (nSPS) is 10.6. The molecule has 1 aromatic heterocycles. The summed E-state index contributed by atoms with van der Waals surface area (Å²) >= 11 is 6.02. The molecule has 4 rings (SSSR count). The van der Waals surface area contributed by atoms with Crippen LogP contribution in [0.15, 0.2) is 84.9 Å². The number of benzene rings is 3. The lowest BCUT2D eigenvalue weighted by Gasteiger charge is -2.10. The van der Waals surface area contributed by atoms with Gasteiger partial charge < -0.3 is 5.32 Å². The maximum absolute atomic E-state index is 13.1. The van der Waals surface area contributed by atoms with E-state index in [1.165, 1.54) is 0 Å². The molecule has 3 aromatic carbocycles. The lowest BCUT2D eigenvalue weighted by Crippen LogP contribution is -2.17. The molecule has 0 aliphatic rings. The van der Waals surface area contributed by atoms with Gasteiger partial charge in [0.1, 0.15) is 5.69 Å². The number of hydrogen-bond acceptors (Lipinski definition) is 2. The van der Waals surface area contributed by atoms with Gasteiger partial charge in [0.2, 0.25) is 0 Å². The number of halogens is 1. The highest BCUT2D eigenvalue weighted by molar-refractivity contribution is 6.30. The van der Waals surface area contributed by atoms with Gasteiger partial charge in [-0.3, -0.25) is 4.79 Å². The van der Waals surface area contributed by atoms with Crippen LogP contribution in [0.5, 0.6) is 0 Å². The first kappa shape index (κ1) is 18.0. The molecule has 0 aliphatic heterocycles. The molecule has 0 bridgehead atoms. The second-order valence-electron chi connectivity index (χ2n) is 6.44. The van der Waals surface area contributed by atoms with E-state index in [1.54, 1.807) is 16.8 Å². The fourth-order valence-corrected chi connectivity index (χ4v) is 3.24. The molecule has 0 saturated carbocycles. The van der Waals surface area contributed by atoms with Crippen LogP contribution in [-0.4, -0.2) is 15.7 Å². The Morgan fingerprint density at radius 2 is 1.61 bits per heavy atom. The zero-order chi connectivity index (χ0) is 19.5. The summed E-state index contributed by atoms with van der Waals surface area (Å²) in [6.07, 6.45) is 0. The summed E-state index contributed by atoms with van der Waals surface area (Å²) < 4.78 is 1.67. The van der Waals surface area contributed by atoms with Crippen molar-refractivity contribution in [1.29, 1.82) is 0 Å². The average Bonchev–Trinajstić information content (AvgIpc) is 3.17. The third kappa shape index (κ3) is 3.68. The number of rotatable bonds is 4. The number of carbonyl (C=O) groups excluding carboxylic acids is 1. The molecule has 0 fully saturated rings. The predicted molar refractivity (Wildman–Crippen MR) is 113 cm³/mol. The van der Waals surface area contributed by atoms with Crippen LogP contribution < -0.4 is 5.32 Å². The first-order valence-corrected chi connectivity index (χ1v) is 9.28. The number of anilines is 1. The van der Waals surface area contributed by atoms with Gasteiger partial charge in [-0.1, -0.05) is 60.1 Å². The molecule has 0 aliphatic carbocycles. The number of amides is 1. The lowest BCUT2D eigenvalue weighted by atomic mass is 10.1. The van der Waals surface area contributed by atoms with Crippen LogP contribution in [-0.2, 0) is 0 Å². The number of nitrogens with one attached hydrogen (secondary N) is 1. The standard InChI is InChI=1S/C23H18ClN3O/c1-16-14-18(24)12-13-20(16)25-23(28)22-15-21(17-8-4-2-5-9-17)26-27(22)19-10-6-3-7-11-19/h2-15H,1H3,(H,25,28). The van der Waals surface area contributed by atoms with Gasteiger partial charge in [-0.15, -0.1) is 0 Å². The summed E-state index contributed by atoms with van der Waals surface area (Å²) in [5.41, 5.74) is 4.59. The minimum Gasteiger partial charge on any atom is -0.320 e. The van der Waals surface area contributed by atoms with E-state index in [2.05, 4.69) is 10.4 Å². The molecule has 0 saturated heterocycles. The molecule has 5 heteroatoms. The number of hydrogen-bond donors (Lipinski definition) is 1. The Morgan fingerprint density at radius 1 is 0.929 bits per heavy atom. The van der Waals surface area contributed by atoms with Crippen LogP contribution >= 0.6 is 11.6 Å². The fraction of sp³-hybridized carbons (Fsp3) is 0.0435. The van der Waals surface area contributed by atoms with Gasteiger partial charge in [0.05, 0.1) is 11.4 Å².